The minimum absolute atomic E-state index is 0.704. The smallest absolute Gasteiger partial charge is 0.0719 e. The van der Waals surface area contributed by atoms with Gasteiger partial charge in [0.1, 0.15) is 0 Å². The summed E-state index contributed by atoms with van der Waals surface area (Å²) in [5.41, 5.74) is 7.57. The molecule has 92 valence electrons. The first-order valence-electron chi connectivity index (χ1n) is 5.75. The molecule has 0 aliphatic carbocycles. The summed E-state index contributed by atoms with van der Waals surface area (Å²) < 4.78 is 5.21. The topological polar surface area (TPSA) is 48.8 Å². The Bertz CT molecular complexity index is 683. The first-order chi connectivity index (χ1) is 8.74. The third-order valence-electron chi connectivity index (χ3n) is 2.98. The van der Waals surface area contributed by atoms with Crippen LogP contribution >= 0.6 is 15.9 Å². The van der Waals surface area contributed by atoms with Crippen molar-refractivity contribution in [2.75, 3.05) is 5.73 Å². The lowest BCUT2D eigenvalue weighted by molar-refractivity contribution is 0.543. The van der Waals surface area contributed by atoms with E-state index in [0.717, 1.165) is 17.6 Å². The molecule has 4 nitrogen and oxygen atoms in total. The van der Waals surface area contributed by atoms with Crippen molar-refractivity contribution in [1.82, 2.24) is 14.3 Å². The number of benzene rings is 1. The summed E-state index contributed by atoms with van der Waals surface area (Å²) in [6.45, 7) is 1.69. The fourth-order valence-corrected chi connectivity index (χ4v) is 2.58. The fourth-order valence-electron chi connectivity index (χ4n) is 2.09. The summed E-state index contributed by atoms with van der Waals surface area (Å²) in [4.78, 5) is 0. The van der Waals surface area contributed by atoms with E-state index in [4.69, 9.17) is 5.73 Å². The molecule has 0 spiro atoms. The molecule has 0 aliphatic heterocycles. The van der Waals surface area contributed by atoms with E-state index < -0.39 is 0 Å². The molecule has 0 fully saturated rings. The van der Waals surface area contributed by atoms with Crippen molar-refractivity contribution in [2.24, 2.45) is 0 Å². The molecule has 5 heteroatoms. The van der Waals surface area contributed by atoms with Crippen LogP contribution in [0, 0.1) is 0 Å². The highest BCUT2D eigenvalue weighted by atomic mass is 79.9. The summed E-state index contributed by atoms with van der Waals surface area (Å²) >= 11 is 3.56. The molecular weight excluding hydrogens is 292 g/mol. The van der Waals surface area contributed by atoms with Crippen molar-refractivity contribution in [1.29, 1.82) is 0 Å². The summed E-state index contributed by atoms with van der Waals surface area (Å²) in [5, 5.41) is 5.42. The number of anilines is 1. The maximum Gasteiger partial charge on any atom is 0.0719 e. The quantitative estimate of drug-likeness (QED) is 0.809. The molecule has 0 atom stereocenters. The maximum atomic E-state index is 5.64. The summed E-state index contributed by atoms with van der Waals surface area (Å²) in [6.07, 6.45) is 5.62. The lowest BCUT2D eigenvalue weighted by Gasteiger charge is -2.06. The van der Waals surface area contributed by atoms with Gasteiger partial charge < -0.3 is 10.3 Å². The first-order valence-corrected chi connectivity index (χ1v) is 6.54. The van der Waals surface area contributed by atoms with E-state index in [9.17, 15) is 0 Å². The Kier molecular flexibility index (Phi) is 2.83. The maximum absolute atomic E-state index is 5.64. The molecule has 3 rings (SSSR count). The Morgan fingerprint density at radius 2 is 2.11 bits per heavy atom. The van der Waals surface area contributed by atoms with Gasteiger partial charge in [-0.25, -0.2) is 0 Å². The van der Waals surface area contributed by atoms with Crippen LogP contribution in [0.15, 0.2) is 47.3 Å². The molecule has 0 amide bonds. The molecule has 2 aromatic heterocycles. The number of hydrogen-bond acceptors (Lipinski definition) is 2. The van der Waals surface area contributed by atoms with E-state index >= 15 is 0 Å². The van der Waals surface area contributed by atoms with Gasteiger partial charge in [-0.05, 0) is 18.2 Å². The van der Waals surface area contributed by atoms with Crippen LogP contribution in [-0.2, 0) is 13.1 Å². The van der Waals surface area contributed by atoms with Crippen LogP contribution in [0.4, 0.5) is 5.69 Å². The van der Waals surface area contributed by atoms with Crippen LogP contribution < -0.4 is 5.73 Å². The van der Waals surface area contributed by atoms with Gasteiger partial charge in [-0.2, -0.15) is 5.10 Å². The number of halogens is 1. The van der Waals surface area contributed by atoms with Gasteiger partial charge in [-0.3, -0.25) is 4.68 Å². The van der Waals surface area contributed by atoms with Crippen LogP contribution in [0.3, 0.4) is 0 Å². The van der Waals surface area contributed by atoms with Crippen molar-refractivity contribution in [2.45, 2.75) is 13.1 Å². The van der Waals surface area contributed by atoms with Crippen LogP contribution in [0.2, 0.25) is 0 Å². The van der Waals surface area contributed by atoms with E-state index in [2.05, 4.69) is 56.1 Å². The van der Waals surface area contributed by atoms with Gasteiger partial charge in [0, 0.05) is 34.3 Å². The summed E-state index contributed by atoms with van der Waals surface area (Å²) in [6, 6.07) is 8.35. The Hall–Kier alpha value is -1.75. The number of rotatable bonds is 3. The van der Waals surface area contributed by atoms with Gasteiger partial charge in [-0.15, -0.1) is 0 Å². The summed E-state index contributed by atoms with van der Waals surface area (Å²) in [7, 11) is 0. The highest BCUT2D eigenvalue weighted by Gasteiger charge is 2.03. The number of fused-ring (bicyclic) bond motifs is 1. The van der Waals surface area contributed by atoms with Gasteiger partial charge in [-0.1, -0.05) is 22.0 Å². The minimum Gasteiger partial charge on any atom is -0.396 e. The van der Waals surface area contributed by atoms with E-state index in [-0.39, 0.29) is 0 Å². The monoisotopic (exact) mass is 304 g/mol. The van der Waals surface area contributed by atoms with E-state index in [1.807, 2.05) is 10.9 Å². The van der Waals surface area contributed by atoms with Gasteiger partial charge in [0.25, 0.3) is 0 Å². The zero-order valence-corrected chi connectivity index (χ0v) is 11.3. The third kappa shape index (κ3) is 2.01. The molecule has 0 bridgehead atoms. The van der Waals surface area contributed by atoms with Gasteiger partial charge >= 0.3 is 0 Å². The zero-order valence-electron chi connectivity index (χ0n) is 9.75. The predicted molar refractivity (Wildman–Crippen MR) is 76.3 cm³/mol. The second kappa shape index (κ2) is 4.49. The molecule has 3 aromatic rings. The molecule has 2 heterocycles. The molecule has 0 saturated carbocycles. The Morgan fingerprint density at radius 3 is 2.89 bits per heavy atom. The van der Waals surface area contributed by atoms with E-state index in [1.165, 1.54) is 10.9 Å². The van der Waals surface area contributed by atoms with Crippen molar-refractivity contribution in [3.63, 3.8) is 0 Å². The second-order valence-electron chi connectivity index (χ2n) is 4.22. The molecule has 1 aromatic carbocycles. The molecule has 0 radical (unpaired) electrons. The van der Waals surface area contributed by atoms with E-state index in [1.54, 1.807) is 6.20 Å². The Balaban J connectivity index is 1.85. The van der Waals surface area contributed by atoms with Gasteiger partial charge in [0.05, 0.1) is 18.4 Å². The van der Waals surface area contributed by atoms with Crippen molar-refractivity contribution in [3.05, 3.63) is 47.3 Å². The summed E-state index contributed by atoms with van der Waals surface area (Å²) in [5.74, 6) is 0. The molecular formula is C13H13BrN4. The normalized spacial score (nSPS) is 11.2. The van der Waals surface area contributed by atoms with Crippen molar-refractivity contribution >= 4 is 32.5 Å². The predicted octanol–water partition coefficient (Wildman–Crippen LogP) is 2.88. The molecule has 2 N–H and O–H groups in total. The van der Waals surface area contributed by atoms with Crippen LogP contribution in [0.5, 0.6) is 0 Å². The SMILES string of the molecule is Nc1cnn(CCn2ccc3c(Br)cccc32)c1. The van der Waals surface area contributed by atoms with Gasteiger partial charge in [0.2, 0.25) is 0 Å². The Labute approximate surface area is 113 Å². The fraction of sp³-hybridized carbons (Fsp3) is 0.154. The minimum atomic E-state index is 0.704. The highest BCUT2D eigenvalue weighted by molar-refractivity contribution is 9.10. The van der Waals surface area contributed by atoms with Crippen LogP contribution in [0.25, 0.3) is 10.9 Å². The number of hydrogen-bond donors (Lipinski definition) is 1. The van der Waals surface area contributed by atoms with E-state index in [0.29, 0.717) is 5.69 Å². The lowest BCUT2D eigenvalue weighted by Crippen LogP contribution is -2.06. The van der Waals surface area contributed by atoms with Crippen LogP contribution in [-0.4, -0.2) is 14.3 Å². The average Bonchev–Trinajstić information content (AvgIpc) is 2.94. The second-order valence-corrected chi connectivity index (χ2v) is 5.07. The van der Waals surface area contributed by atoms with Crippen LogP contribution in [0.1, 0.15) is 0 Å². The van der Waals surface area contributed by atoms with Gasteiger partial charge in [0.15, 0.2) is 0 Å². The molecule has 0 saturated heterocycles. The largest absolute Gasteiger partial charge is 0.396 e. The first kappa shape index (κ1) is 11.3. The zero-order chi connectivity index (χ0) is 12.5. The Morgan fingerprint density at radius 1 is 1.22 bits per heavy atom. The molecule has 0 unspecified atom stereocenters. The van der Waals surface area contributed by atoms with Crippen molar-refractivity contribution < 1.29 is 0 Å². The molecule has 0 aliphatic rings. The standard InChI is InChI=1S/C13H13BrN4/c14-12-2-1-3-13-11(12)4-5-17(13)6-7-18-9-10(15)8-16-18/h1-5,8-9H,6-7,15H2. The highest BCUT2D eigenvalue weighted by Crippen LogP contribution is 2.24. The third-order valence-corrected chi connectivity index (χ3v) is 3.68. The number of aromatic nitrogens is 3. The number of nitrogens with zero attached hydrogens (tertiary/aromatic N) is 3. The van der Waals surface area contributed by atoms with Crippen molar-refractivity contribution in [3.8, 4) is 0 Å². The number of nitrogen functional groups attached to an aromatic ring is 1. The lowest BCUT2D eigenvalue weighted by atomic mass is 10.2. The number of aryl methyl sites for hydroxylation is 2. The number of nitrogens with two attached hydrogens (primary N) is 1. The molecule has 18 heavy (non-hydrogen) atoms. The average molecular weight is 305 g/mol.